The standard InChI is InChI=1S/C14H19N3/c1-14(2,15)9-8-12-10-13(17-16-12)11-6-4-3-5-7-11/h3-7,10H,8-9,15H2,1-2H3,(H,16,17). The maximum Gasteiger partial charge on any atom is 0.0923 e. The molecular formula is C14H19N3. The van der Waals surface area contributed by atoms with Crippen LogP contribution in [0.15, 0.2) is 36.4 Å². The molecule has 0 saturated heterocycles. The maximum atomic E-state index is 5.97. The van der Waals surface area contributed by atoms with E-state index in [9.17, 15) is 0 Å². The van der Waals surface area contributed by atoms with Gasteiger partial charge in [-0.05, 0) is 32.8 Å². The van der Waals surface area contributed by atoms with Gasteiger partial charge in [0.2, 0.25) is 0 Å². The lowest BCUT2D eigenvalue weighted by atomic mass is 9.99. The van der Waals surface area contributed by atoms with Crippen LogP contribution in [-0.2, 0) is 6.42 Å². The third-order valence-corrected chi connectivity index (χ3v) is 2.74. The van der Waals surface area contributed by atoms with Crippen LogP contribution in [0.2, 0.25) is 0 Å². The van der Waals surface area contributed by atoms with Crippen molar-refractivity contribution in [3.05, 3.63) is 42.1 Å². The molecule has 0 amide bonds. The molecule has 2 aromatic rings. The molecule has 0 aliphatic carbocycles. The van der Waals surface area contributed by atoms with Crippen LogP contribution in [0.5, 0.6) is 0 Å². The summed E-state index contributed by atoms with van der Waals surface area (Å²) in [5.74, 6) is 0. The second kappa shape index (κ2) is 4.72. The highest BCUT2D eigenvalue weighted by Gasteiger charge is 2.11. The number of benzene rings is 1. The first-order valence-corrected chi connectivity index (χ1v) is 5.93. The van der Waals surface area contributed by atoms with Crippen LogP contribution in [0.25, 0.3) is 11.3 Å². The van der Waals surface area contributed by atoms with Crippen molar-refractivity contribution in [1.29, 1.82) is 0 Å². The molecule has 0 unspecified atom stereocenters. The average molecular weight is 229 g/mol. The number of H-pyrrole nitrogens is 1. The highest BCUT2D eigenvalue weighted by atomic mass is 15.1. The fourth-order valence-corrected chi connectivity index (χ4v) is 1.70. The Morgan fingerprint density at radius 1 is 1.24 bits per heavy atom. The zero-order valence-electron chi connectivity index (χ0n) is 10.4. The second-order valence-corrected chi connectivity index (χ2v) is 5.13. The van der Waals surface area contributed by atoms with Crippen molar-refractivity contribution in [1.82, 2.24) is 10.2 Å². The van der Waals surface area contributed by atoms with Crippen molar-refractivity contribution in [2.45, 2.75) is 32.2 Å². The summed E-state index contributed by atoms with van der Waals surface area (Å²) < 4.78 is 0. The van der Waals surface area contributed by atoms with E-state index in [-0.39, 0.29) is 5.54 Å². The van der Waals surface area contributed by atoms with E-state index in [1.165, 1.54) is 0 Å². The van der Waals surface area contributed by atoms with E-state index in [2.05, 4.69) is 28.4 Å². The molecule has 1 heterocycles. The lowest BCUT2D eigenvalue weighted by Crippen LogP contribution is -2.32. The van der Waals surface area contributed by atoms with Gasteiger partial charge < -0.3 is 5.73 Å². The van der Waals surface area contributed by atoms with Crippen LogP contribution in [0.4, 0.5) is 0 Å². The Bertz CT molecular complexity index is 466. The quantitative estimate of drug-likeness (QED) is 0.847. The van der Waals surface area contributed by atoms with Crippen molar-refractivity contribution in [2.75, 3.05) is 0 Å². The highest BCUT2D eigenvalue weighted by molar-refractivity contribution is 5.58. The molecule has 2 rings (SSSR count). The first kappa shape index (κ1) is 11.9. The van der Waals surface area contributed by atoms with Gasteiger partial charge in [-0.1, -0.05) is 30.3 Å². The number of rotatable bonds is 4. The predicted octanol–water partition coefficient (Wildman–Crippen LogP) is 2.75. The van der Waals surface area contributed by atoms with Crippen molar-refractivity contribution in [2.24, 2.45) is 5.73 Å². The van der Waals surface area contributed by atoms with E-state index in [0.717, 1.165) is 29.8 Å². The number of aromatic amines is 1. The average Bonchev–Trinajstić information content (AvgIpc) is 2.75. The van der Waals surface area contributed by atoms with E-state index < -0.39 is 0 Å². The summed E-state index contributed by atoms with van der Waals surface area (Å²) in [4.78, 5) is 0. The smallest absolute Gasteiger partial charge is 0.0923 e. The molecule has 0 fully saturated rings. The normalized spacial score (nSPS) is 11.7. The van der Waals surface area contributed by atoms with Crippen LogP contribution in [0.3, 0.4) is 0 Å². The van der Waals surface area contributed by atoms with E-state index in [1.54, 1.807) is 0 Å². The van der Waals surface area contributed by atoms with Crippen molar-refractivity contribution in [3.63, 3.8) is 0 Å². The van der Waals surface area contributed by atoms with Gasteiger partial charge in [0, 0.05) is 16.8 Å². The molecule has 0 aliphatic rings. The molecule has 1 aromatic carbocycles. The van der Waals surface area contributed by atoms with Crippen LogP contribution in [-0.4, -0.2) is 15.7 Å². The summed E-state index contributed by atoms with van der Waals surface area (Å²) in [7, 11) is 0. The SMILES string of the molecule is CC(C)(N)CCc1cc(-c2ccccc2)n[nH]1. The molecule has 1 aromatic heterocycles. The number of hydrogen-bond donors (Lipinski definition) is 2. The Hall–Kier alpha value is -1.61. The zero-order chi connectivity index (χ0) is 12.3. The van der Waals surface area contributed by atoms with Crippen LogP contribution in [0, 0.1) is 0 Å². The van der Waals surface area contributed by atoms with Gasteiger partial charge in [0.25, 0.3) is 0 Å². The Balaban J connectivity index is 2.07. The van der Waals surface area contributed by atoms with Crippen molar-refractivity contribution < 1.29 is 0 Å². The number of nitrogens with two attached hydrogens (primary N) is 1. The summed E-state index contributed by atoms with van der Waals surface area (Å²) in [6.07, 6.45) is 1.88. The van der Waals surface area contributed by atoms with Crippen molar-refractivity contribution in [3.8, 4) is 11.3 Å². The van der Waals surface area contributed by atoms with Crippen LogP contribution >= 0.6 is 0 Å². The first-order chi connectivity index (χ1) is 8.04. The Labute approximate surface area is 102 Å². The number of nitrogens with one attached hydrogen (secondary N) is 1. The van der Waals surface area contributed by atoms with Gasteiger partial charge in [0.05, 0.1) is 5.69 Å². The molecule has 0 aliphatic heterocycles. The first-order valence-electron chi connectivity index (χ1n) is 5.93. The second-order valence-electron chi connectivity index (χ2n) is 5.13. The lowest BCUT2D eigenvalue weighted by Gasteiger charge is -2.16. The summed E-state index contributed by atoms with van der Waals surface area (Å²) >= 11 is 0. The summed E-state index contributed by atoms with van der Waals surface area (Å²) in [6.45, 7) is 4.09. The number of hydrogen-bond acceptors (Lipinski definition) is 2. The van der Waals surface area contributed by atoms with Gasteiger partial charge in [-0.2, -0.15) is 5.10 Å². The number of aryl methyl sites for hydroxylation is 1. The summed E-state index contributed by atoms with van der Waals surface area (Å²) in [6, 6.07) is 12.3. The molecule has 0 bridgehead atoms. The van der Waals surface area contributed by atoms with Gasteiger partial charge in [-0.15, -0.1) is 0 Å². The molecule has 0 atom stereocenters. The summed E-state index contributed by atoms with van der Waals surface area (Å²) in [5, 5.41) is 7.39. The van der Waals surface area contributed by atoms with E-state index in [4.69, 9.17) is 5.73 Å². The fraction of sp³-hybridized carbons (Fsp3) is 0.357. The third kappa shape index (κ3) is 3.43. The molecule has 0 saturated carbocycles. The molecule has 3 N–H and O–H groups in total. The molecule has 90 valence electrons. The molecule has 0 radical (unpaired) electrons. The third-order valence-electron chi connectivity index (χ3n) is 2.74. The molecule has 17 heavy (non-hydrogen) atoms. The minimum atomic E-state index is -0.127. The molecule has 0 spiro atoms. The maximum absolute atomic E-state index is 5.97. The van der Waals surface area contributed by atoms with Gasteiger partial charge in [0.1, 0.15) is 0 Å². The highest BCUT2D eigenvalue weighted by Crippen LogP contribution is 2.18. The van der Waals surface area contributed by atoms with Crippen LogP contribution in [0.1, 0.15) is 26.0 Å². The fourth-order valence-electron chi connectivity index (χ4n) is 1.70. The number of aromatic nitrogens is 2. The van der Waals surface area contributed by atoms with E-state index in [0.29, 0.717) is 0 Å². The Kier molecular flexibility index (Phi) is 3.29. The van der Waals surface area contributed by atoms with Gasteiger partial charge in [0.15, 0.2) is 0 Å². The minimum absolute atomic E-state index is 0.127. The molecule has 3 heteroatoms. The number of nitrogens with zero attached hydrogens (tertiary/aromatic N) is 1. The topological polar surface area (TPSA) is 54.7 Å². The predicted molar refractivity (Wildman–Crippen MR) is 70.6 cm³/mol. The lowest BCUT2D eigenvalue weighted by molar-refractivity contribution is 0.474. The van der Waals surface area contributed by atoms with E-state index in [1.807, 2.05) is 32.0 Å². The van der Waals surface area contributed by atoms with Gasteiger partial charge in [-0.25, -0.2) is 0 Å². The van der Waals surface area contributed by atoms with Crippen LogP contribution < -0.4 is 5.73 Å². The monoisotopic (exact) mass is 229 g/mol. The van der Waals surface area contributed by atoms with Gasteiger partial charge >= 0.3 is 0 Å². The largest absolute Gasteiger partial charge is 0.326 e. The van der Waals surface area contributed by atoms with Crippen molar-refractivity contribution >= 4 is 0 Å². The molecule has 3 nitrogen and oxygen atoms in total. The van der Waals surface area contributed by atoms with Gasteiger partial charge in [-0.3, -0.25) is 5.10 Å². The summed E-state index contributed by atoms with van der Waals surface area (Å²) in [5.41, 5.74) is 9.12. The Morgan fingerprint density at radius 2 is 1.94 bits per heavy atom. The minimum Gasteiger partial charge on any atom is -0.326 e. The zero-order valence-corrected chi connectivity index (χ0v) is 10.4. The molecular weight excluding hydrogens is 210 g/mol. The van der Waals surface area contributed by atoms with E-state index >= 15 is 0 Å². The Morgan fingerprint density at radius 3 is 2.59 bits per heavy atom.